The summed E-state index contributed by atoms with van der Waals surface area (Å²) in [6.07, 6.45) is 5.15. The van der Waals surface area contributed by atoms with Crippen molar-refractivity contribution < 1.29 is 13.2 Å². The topological polar surface area (TPSA) is 90.3 Å². The van der Waals surface area contributed by atoms with Crippen LogP contribution < -0.4 is 5.32 Å². The van der Waals surface area contributed by atoms with E-state index >= 15 is 0 Å². The number of terminal acetylenes is 1. The quantitative estimate of drug-likeness (QED) is 0.508. The molecule has 98 valence electrons. The molecule has 0 aliphatic carbocycles. The molecule has 1 unspecified atom stereocenters. The van der Waals surface area contributed by atoms with E-state index in [9.17, 15) is 13.2 Å². The van der Waals surface area contributed by atoms with Gasteiger partial charge in [-0.3, -0.25) is 4.79 Å². The molecule has 1 saturated heterocycles. The SMILES string of the molecule is C#CCN(CC#N)C(=O)CC1CS(=O)(=O)CCN1. The first-order chi connectivity index (χ1) is 8.48. The van der Waals surface area contributed by atoms with E-state index in [-0.39, 0.29) is 36.9 Å². The summed E-state index contributed by atoms with van der Waals surface area (Å²) in [5.41, 5.74) is 0. The average Bonchev–Trinajstić information content (AvgIpc) is 2.27. The summed E-state index contributed by atoms with van der Waals surface area (Å²) >= 11 is 0. The highest BCUT2D eigenvalue weighted by molar-refractivity contribution is 7.91. The van der Waals surface area contributed by atoms with E-state index in [0.29, 0.717) is 6.54 Å². The van der Waals surface area contributed by atoms with Crippen molar-refractivity contribution in [1.29, 1.82) is 5.26 Å². The van der Waals surface area contributed by atoms with Crippen molar-refractivity contribution in [1.82, 2.24) is 10.2 Å². The van der Waals surface area contributed by atoms with E-state index in [1.165, 1.54) is 4.90 Å². The van der Waals surface area contributed by atoms with Crippen LogP contribution in [0.25, 0.3) is 0 Å². The standard InChI is InChI=1S/C11H15N3O3S/c1-2-5-14(6-3-12)11(15)8-10-9-18(16,17)7-4-13-10/h1,10,13H,4-9H2. The largest absolute Gasteiger partial charge is 0.318 e. The molecule has 1 amide bonds. The Labute approximate surface area is 107 Å². The molecule has 1 atom stereocenters. The van der Waals surface area contributed by atoms with Gasteiger partial charge in [-0.1, -0.05) is 5.92 Å². The second-order valence-corrected chi connectivity index (χ2v) is 6.31. The lowest BCUT2D eigenvalue weighted by molar-refractivity contribution is -0.130. The fourth-order valence-electron chi connectivity index (χ4n) is 1.77. The number of nitrogens with zero attached hydrogens (tertiary/aromatic N) is 2. The molecule has 0 aromatic carbocycles. The molecule has 1 rings (SSSR count). The lowest BCUT2D eigenvalue weighted by Gasteiger charge is -2.25. The molecule has 1 aliphatic heterocycles. The van der Waals surface area contributed by atoms with Crippen LogP contribution in [0.2, 0.25) is 0 Å². The summed E-state index contributed by atoms with van der Waals surface area (Å²) < 4.78 is 22.8. The number of sulfone groups is 1. The van der Waals surface area contributed by atoms with Crippen LogP contribution in [-0.2, 0) is 14.6 Å². The van der Waals surface area contributed by atoms with Gasteiger partial charge in [0.1, 0.15) is 6.54 Å². The van der Waals surface area contributed by atoms with Gasteiger partial charge in [-0.2, -0.15) is 5.26 Å². The number of hydrogen-bond acceptors (Lipinski definition) is 5. The Morgan fingerprint density at radius 1 is 1.50 bits per heavy atom. The average molecular weight is 269 g/mol. The summed E-state index contributed by atoms with van der Waals surface area (Å²) in [7, 11) is -3.07. The van der Waals surface area contributed by atoms with Crippen molar-refractivity contribution in [2.75, 3.05) is 31.1 Å². The minimum absolute atomic E-state index is 0.0442. The lowest BCUT2D eigenvalue weighted by atomic mass is 10.2. The van der Waals surface area contributed by atoms with Crippen LogP contribution in [-0.4, -0.2) is 56.4 Å². The molecule has 1 heterocycles. The number of rotatable bonds is 4. The fraction of sp³-hybridized carbons (Fsp3) is 0.636. The molecule has 1 fully saturated rings. The Kier molecular flexibility index (Phi) is 5.14. The number of hydrogen-bond donors (Lipinski definition) is 1. The smallest absolute Gasteiger partial charge is 0.225 e. The highest BCUT2D eigenvalue weighted by atomic mass is 32.2. The van der Waals surface area contributed by atoms with Gasteiger partial charge in [0.15, 0.2) is 9.84 Å². The fourth-order valence-corrected chi connectivity index (χ4v) is 3.21. The van der Waals surface area contributed by atoms with Crippen molar-refractivity contribution in [3.05, 3.63) is 0 Å². The Morgan fingerprint density at radius 3 is 2.78 bits per heavy atom. The van der Waals surface area contributed by atoms with Crippen LogP contribution in [0.4, 0.5) is 0 Å². The minimum Gasteiger partial charge on any atom is -0.318 e. The number of amides is 1. The minimum atomic E-state index is -3.07. The number of carbonyl (C=O) groups excluding carboxylic acids is 1. The zero-order valence-corrected chi connectivity index (χ0v) is 10.7. The monoisotopic (exact) mass is 269 g/mol. The van der Waals surface area contributed by atoms with Gasteiger partial charge in [-0.25, -0.2) is 8.42 Å². The van der Waals surface area contributed by atoms with E-state index in [0.717, 1.165) is 0 Å². The summed E-state index contributed by atoms with van der Waals surface area (Å²) in [6, 6.07) is 1.46. The third-order valence-electron chi connectivity index (χ3n) is 2.62. The normalized spacial score (nSPS) is 21.6. The maximum absolute atomic E-state index is 11.8. The zero-order valence-electron chi connectivity index (χ0n) is 9.92. The zero-order chi connectivity index (χ0) is 13.6. The molecular weight excluding hydrogens is 254 g/mol. The second-order valence-electron chi connectivity index (χ2n) is 4.08. The molecule has 1 N–H and O–H groups in total. The van der Waals surface area contributed by atoms with Crippen LogP contribution in [0.1, 0.15) is 6.42 Å². The van der Waals surface area contributed by atoms with Crippen LogP contribution in [0, 0.1) is 23.7 Å². The predicted molar refractivity (Wildman–Crippen MR) is 66.1 cm³/mol. The highest BCUT2D eigenvalue weighted by Crippen LogP contribution is 2.07. The van der Waals surface area contributed by atoms with Crippen LogP contribution in [0.3, 0.4) is 0 Å². The van der Waals surface area contributed by atoms with E-state index in [1.807, 2.05) is 6.07 Å². The number of carbonyl (C=O) groups is 1. The molecule has 0 radical (unpaired) electrons. The molecule has 0 bridgehead atoms. The van der Waals surface area contributed by atoms with Crippen LogP contribution in [0.15, 0.2) is 0 Å². The van der Waals surface area contributed by atoms with Gasteiger partial charge in [0, 0.05) is 19.0 Å². The molecule has 0 aromatic rings. The van der Waals surface area contributed by atoms with Gasteiger partial charge in [0.25, 0.3) is 0 Å². The van der Waals surface area contributed by atoms with Crippen LogP contribution in [0.5, 0.6) is 0 Å². The van der Waals surface area contributed by atoms with Crippen molar-refractivity contribution in [3.8, 4) is 18.4 Å². The van der Waals surface area contributed by atoms with Crippen molar-refractivity contribution in [2.45, 2.75) is 12.5 Å². The van der Waals surface area contributed by atoms with E-state index in [1.54, 1.807) is 0 Å². The van der Waals surface area contributed by atoms with Gasteiger partial charge in [-0.15, -0.1) is 6.42 Å². The summed E-state index contributed by atoms with van der Waals surface area (Å²) in [6.45, 7) is 0.335. The Balaban J connectivity index is 2.58. The molecule has 0 spiro atoms. The predicted octanol–water partition coefficient (Wildman–Crippen LogP) is -1.25. The maximum Gasteiger partial charge on any atom is 0.225 e. The van der Waals surface area contributed by atoms with Crippen molar-refractivity contribution in [2.24, 2.45) is 0 Å². The van der Waals surface area contributed by atoms with E-state index < -0.39 is 15.9 Å². The Bertz CT molecular complexity index is 471. The number of nitriles is 1. The van der Waals surface area contributed by atoms with Gasteiger partial charge in [0.2, 0.25) is 5.91 Å². The first kappa shape index (κ1) is 14.5. The van der Waals surface area contributed by atoms with Gasteiger partial charge in [-0.05, 0) is 0 Å². The summed E-state index contributed by atoms with van der Waals surface area (Å²) in [5.74, 6) is 2.06. The van der Waals surface area contributed by atoms with Crippen molar-refractivity contribution >= 4 is 15.7 Å². The molecule has 6 nitrogen and oxygen atoms in total. The third kappa shape index (κ3) is 4.36. The van der Waals surface area contributed by atoms with Crippen LogP contribution >= 0.6 is 0 Å². The van der Waals surface area contributed by atoms with E-state index in [2.05, 4.69) is 11.2 Å². The van der Waals surface area contributed by atoms with Gasteiger partial charge < -0.3 is 10.2 Å². The van der Waals surface area contributed by atoms with Crippen molar-refractivity contribution in [3.63, 3.8) is 0 Å². The first-order valence-corrected chi connectivity index (χ1v) is 7.32. The first-order valence-electron chi connectivity index (χ1n) is 5.50. The molecule has 1 aliphatic rings. The number of nitrogens with one attached hydrogen (secondary N) is 1. The van der Waals surface area contributed by atoms with Gasteiger partial charge in [0.05, 0.1) is 24.1 Å². The summed E-state index contributed by atoms with van der Waals surface area (Å²) in [4.78, 5) is 13.1. The molecule has 7 heteroatoms. The molecule has 0 aromatic heterocycles. The highest BCUT2D eigenvalue weighted by Gasteiger charge is 2.27. The molecule has 18 heavy (non-hydrogen) atoms. The van der Waals surface area contributed by atoms with E-state index in [4.69, 9.17) is 11.7 Å². The third-order valence-corrected chi connectivity index (χ3v) is 4.36. The molecule has 0 saturated carbocycles. The Hall–Kier alpha value is -1.57. The second kappa shape index (κ2) is 6.39. The van der Waals surface area contributed by atoms with Gasteiger partial charge >= 0.3 is 0 Å². The lowest BCUT2D eigenvalue weighted by Crippen LogP contribution is -2.48. The summed E-state index contributed by atoms with van der Waals surface area (Å²) in [5, 5.41) is 11.6. The maximum atomic E-state index is 11.8. The molecular formula is C11H15N3O3S. The Morgan fingerprint density at radius 2 is 2.22 bits per heavy atom.